The third-order valence-corrected chi connectivity index (χ3v) is 10.7. The minimum Gasteiger partial charge on any atom is -0.330 e. The van der Waals surface area contributed by atoms with Gasteiger partial charge in [0.25, 0.3) is 0 Å². The molecule has 0 aliphatic rings. The lowest BCUT2D eigenvalue weighted by Crippen LogP contribution is -2.11. The van der Waals surface area contributed by atoms with E-state index in [0.717, 1.165) is 12.6 Å². The van der Waals surface area contributed by atoms with Gasteiger partial charge in [0.1, 0.15) is 0 Å². The van der Waals surface area contributed by atoms with Crippen molar-refractivity contribution in [3.63, 3.8) is 0 Å². The smallest absolute Gasteiger partial charge is 0.248 e. The molecule has 0 aliphatic heterocycles. The molecule has 0 fully saturated rings. The first-order valence-electron chi connectivity index (χ1n) is 17.6. The van der Waals surface area contributed by atoms with Crippen LogP contribution in [0.1, 0.15) is 199 Å². The quantitative estimate of drug-likeness (QED) is 0.0458. The second kappa shape index (κ2) is 32.3. The Morgan fingerprint density at radius 2 is 0.474 bits per heavy atom. The van der Waals surface area contributed by atoms with Crippen LogP contribution in [0.15, 0.2) is 0 Å². The first kappa shape index (κ1) is 38.8. The molecule has 0 saturated carbocycles. The van der Waals surface area contributed by atoms with Gasteiger partial charge in [0, 0.05) is 0 Å². The van der Waals surface area contributed by atoms with Crippen molar-refractivity contribution in [2.45, 2.75) is 212 Å². The summed E-state index contributed by atoms with van der Waals surface area (Å²) in [4.78, 5) is 0. The molecule has 38 heavy (non-hydrogen) atoms. The van der Waals surface area contributed by atoms with Crippen molar-refractivity contribution in [3.8, 4) is 0 Å². The summed E-state index contributed by atoms with van der Waals surface area (Å²) >= 11 is 12.3. The van der Waals surface area contributed by atoms with Gasteiger partial charge in [0.15, 0.2) is 0 Å². The summed E-state index contributed by atoms with van der Waals surface area (Å²) in [6, 6.07) is 1.06. The molecule has 0 aromatic carbocycles. The zero-order chi connectivity index (χ0) is 27.8. The highest BCUT2D eigenvalue weighted by molar-refractivity contribution is 7.44. The monoisotopic (exact) mass is 591 g/mol. The van der Waals surface area contributed by atoms with Crippen molar-refractivity contribution < 1.29 is 0 Å². The molecule has 0 atom stereocenters. The van der Waals surface area contributed by atoms with Gasteiger partial charge in [0.05, 0.1) is 0 Å². The Hall–Kier alpha value is 0.757. The zero-order valence-electron chi connectivity index (χ0n) is 26.2. The van der Waals surface area contributed by atoms with Gasteiger partial charge >= 0.3 is 0 Å². The maximum Gasteiger partial charge on any atom is 0.248 e. The van der Waals surface area contributed by atoms with Gasteiger partial charge in [-0.15, -0.1) is 22.2 Å². The molecular weight excluding hydrogens is 521 g/mol. The van der Waals surface area contributed by atoms with Gasteiger partial charge in [-0.25, -0.2) is 0 Å². The van der Waals surface area contributed by atoms with Crippen LogP contribution in [0, 0.1) is 0 Å². The zero-order valence-corrected chi connectivity index (χ0v) is 28.7. The fourth-order valence-corrected chi connectivity index (χ4v) is 7.38. The van der Waals surface area contributed by atoms with Crippen LogP contribution in [0.25, 0.3) is 0 Å². The van der Waals surface area contributed by atoms with Crippen LogP contribution in [0.4, 0.5) is 0 Å². The maximum absolute atomic E-state index is 6.16. The summed E-state index contributed by atoms with van der Waals surface area (Å²) in [6.45, 7) is 1.07. The van der Waals surface area contributed by atoms with E-state index in [9.17, 15) is 0 Å². The SMILES string of the molecule is C[Si](Cl)(Cl)CCCCCCCCCCCCCCCCCCCCCCCCCCCCCCCCCN. The molecule has 0 spiro atoms. The number of rotatable bonds is 33. The van der Waals surface area contributed by atoms with Crippen molar-refractivity contribution in [1.82, 2.24) is 0 Å². The molecule has 0 amide bonds. The van der Waals surface area contributed by atoms with E-state index in [1.54, 1.807) is 0 Å². The van der Waals surface area contributed by atoms with Crippen molar-refractivity contribution in [1.29, 1.82) is 0 Å². The maximum atomic E-state index is 6.16. The highest BCUT2D eigenvalue weighted by Crippen LogP contribution is 2.23. The van der Waals surface area contributed by atoms with E-state index in [1.165, 1.54) is 199 Å². The number of hydrogen-bond donors (Lipinski definition) is 1. The summed E-state index contributed by atoms with van der Waals surface area (Å²) in [5.74, 6) is 0. The van der Waals surface area contributed by atoms with E-state index in [1.807, 2.05) is 6.55 Å². The first-order chi connectivity index (χ1) is 18.6. The van der Waals surface area contributed by atoms with Gasteiger partial charge < -0.3 is 5.73 Å². The molecule has 0 bridgehead atoms. The van der Waals surface area contributed by atoms with E-state index < -0.39 is 6.69 Å². The number of halogens is 2. The normalized spacial score (nSPS) is 12.0. The van der Waals surface area contributed by atoms with Crippen molar-refractivity contribution in [3.05, 3.63) is 0 Å². The molecule has 2 N–H and O–H groups in total. The predicted octanol–water partition coefficient (Wildman–Crippen LogP) is 13.6. The molecule has 230 valence electrons. The Morgan fingerprint density at radius 1 is 0.316 bits per heavy atom. The second-order valence-corrected chi connectivity index (χ2v) is 20.8. The van der Waals surface area contributed by atoms with Gasteiger partial charge in [-0.3, -0.25) is 0 Å². The largest absolute Gasteiger partial charge is 0.330 e. The number of unbranched alkanes of at least 4 members (excludes halogenated alkanes) is 30. The summed E-state index contributed by atoms with van der Waals surface area (Å²) < 4.78 is 0. The molecule has 1 nitrogen and oxygen atoms in total. The minimum atomic E-state index is -1.84. The molecule has 0 rings (SSSR count). The third kappa shape index (κ3) is 36.8. The predicted molar refractivity (Wildman–Crippen MR) is 180 cm³/mol. The summed E-state index contributed by atoms with van der Waals surface area (Å²) in [5, 5.41) is 0. The van der Waals surface area contributed by atoms with E-state index in [2.05, 4.69) is 0 Å². The molecule has 0 aromatic heterocycles. The Bertz CT molecular complexity index is 427. The first-order valence-corrected chi connectivity index (χ1v) is 22.4. The summed E-state index contributed by atoms with van der Waals surface area (Å²) in [5.41, 5.74) is 5.54. The van der Waals surface area contributed by atoms with Crippen LogP contribution in [0.2, 0.25) is 12.6 Å². The van der Waals surface area contributed by atoms with Crippen molar-refractivity contribution >= 4 is 28.9 Å². The molecule has 0 aromatic rings. The topological polar surface area (TPSA) is 26.0 Å². The lowest BCUT2D eigenvalue weighted by atomic mass is 10.0. The summed E-state index contributed by atoms with van der Waals surface area (Å²) in [7, 11) is 0. The Morgan fingerprint density at radius 3 is 0.632 bits per heavy atom. The fourth-order valence-electron chi connectivity index (χ4n) is 5.71. The molecule has 0 unspecified atom stereocenters. The van der Waals surface area contributed by atoms with Crippen molar-refractivity contribution in [2.24, 2.45) is 5.73 Å². The van der Waals surface area contributed by atoms with Crippen LogP contribution in [0.3, 0.4) is 0 Å². The highest BCUT2D eigenvalue weighted by Gasteiger charge is 2.19. The lowest BCUT2D eigenvalue weighted by Gasteiger charge is -2.09. The van der Waals surface area contributed by atoms with Crippen LogP contribution in [-0.2, 0) is 0 Å². The Balaban J connectivity index is 3.04. The minimum absolute atomic E-state index is 0.871. The lowest BCUT2D eigenvalue weighted by molar-refractivity contribution is 0.512. The number of hydrogen-bond acceptors (Lipinski definition) is 1. The van der Waals surface area contributed by atoms with Crippen LogP contribution >= 0.6 is 22.2 Å². The molecular formula is C34H71Cl2NSi. The molecule has 0 heterocycles. The Labute approximate surface area is 252 Å². The molecule has 0 radical (unpaired) electrons. The molecule has 4 heteroatoms. The average Bonchev–Trinajstić information content (AvgIpc) is 2.88. The average molecular weight is 593 g/mol. The van der Waals surface area contributed by atoms with Gasteiger partial charge in [-0.1, -0.05) is 193 Å². The summed E-state index contributed by atoms with van der Waals surface area (Å²) in [6.07, 6.45) is 44.4. The van der Waals surface area contributed by atoms with Crippen LogP contribution in [0.5, 0.6) is 0 Å². The van der Waals surface area contributed by atoms with Gasteiger partial charge in [0.2, 0.25) is 6.69 Å². The van der Waals surface area contributed by atoms with Crippen LogP contribution < -0.4 is 5.73 Å². The van der Waals surface area contributed by atoms with Crippen molar-refractivity contribution in [2.75, 3.05) is 6.54 Å². The second-order valence-electron chi connectivity index (χ2n) is 12.6. The van der Waals surface area contributed by atoms with Gasteiger partial charge in [-0.2, -0.15) is 0 Å². The fraction of sp³-hybridized carbons (Fsp3) is 1.00. The Kier molecular flexibility index (Phi) is 32.9. The van der Waals surface area contributed by atoms with E-state index >= 15 is 0 Å². The van der Waals surface area contributed by atoms with E-state index in [4.69, 9.17) is 27.9 Å². The van der Waals surface area contributed by atoms with Gasteiger partial charge in [-0.05, 0) is 25.6 Å². The highest BCUT2D eigenvalue weighted by atomic mass is 35.7. The van der Waals surface area contributed by atoms with E-state index in [0.29, 0.717) is 0 Å². The third-order valence-electron chi connectivity index (χ3n) is 8.32. The standard InChI is InChI=1S/C34H71Cl2NSi/c1-38(35,36)34-32-30-28-26-24-22-20-18-16-14-12-10-8-6-4-2-3-5-7-9-11-13-15-17-19-21-23-25-27-29-31-33-37/h2-34,37H2,1H3. The van der Waals surface area contributed by atoms with Crippen LogP contribution in [-0.4, -0.2) is 13.2 Å². The molecule has 0 saturated heterocycles. The molecule has 0 aliphatic carbocycles. The number of nitrogens with two attached hydrogens (primary N) is 1. The van der Waals surface area contributed by atoms with E-state index in [-0.39, 0.29) is 0 Å².